The van der Waals surface area contributed by atoms with Crippen LogP contribution in [0, 0.1) is 0 Å². The van der Waals surface area contributed by atoms with E-state index in [1.54, 1.807) is 7.11 Å². The molecule has 5 rings (SSSR count). The third-order valence-corrected chi connectivity index (χ3v) is 5.33. The quantitative estimate of drug-likeness (QED) is 0.433. The van der Waals surface area contributed by atoms with E-state index in [2.05, 4.69) is 34.2 Å². The number of hydrogen-bond donors (Lipinski definition) is 2. The maximum Gasteiger partial charge on any atom is 0.122 e. The molecule has 0 amide bonds. The molecule has 0 aliphatic carbocycles. The minimum atomic E-state index is 0.138. The highest BCUT2D eigenvalue weighted by atomic mass is 16.5. The first-order valence-electron chi connectivity index (χ1n) is 9.80. The molecule has 5 aromatic rings. The van der Waals surface area contributed by atoms with Gasteiger partial charge in [-0.2, -0.15) is 0 Å². The molecule has 0 unspecified atom stereocenters. The molecule has 0 fully saturated rings. The Balaban J connectivity index is 1.54. The van der Waals surface area contributed by atoms with Crippen molar-refractivity contribution in [2.75, 3.05) is 7.11 Å². The van der Waals surface area contributed by atoms with Gasteiger partial charge < -0.3 is 14.7 Å². The first-order chi connectivity index (χ1) is 14.3. The van der Waals surface area contributed by atoms with Crippen molar-refractivity contribution in [2.24, 2.45) is 0 Å². The normalized spacial score (nSPS) is 12.4. The van der Waals surface area contributed by atoms with Gasteiger partial charge in [0.25, 0.3) is 0 Å². The van der Waals surface area contributed by atoms with Crippen LogP contribution in [-0.4, -0.2) is 27.0 Å². The maximum atomic E-state index is 5.59. The van der Waals surface area contributed by atoms with Crippen LogP contribution in [0.1, 0.15) is 23.1 Å². The average Bonchev–Trinajstić information content (AvgIpc) is 3.37. The van der Waals surface area contributed by atoms with E-state index < -0.39 is 0 Å². The van der Waals surface area contributed by atoms with Gasteiger partial charge in [0.15, 0.2) is 0 Å². The number of hydrogen-bond acceptors (Lipinski definition) is 3. The molecule has 144 valence electrons. The van der Waals surface area contributed by atoms with E-state index in [9.17, 15) is 0 Å². The van der Waals surface area contributed by atoms with Gasteiger partial charge in [0.1, 0.15) is 17.4 Å². The molecule has 2 N–H and O–H groups in total. The molecule has 5 nitrogen and oxygen atoms in total. The maximum absolute atomic E-state index is 5.59. The number of benzene rings is 3. The summed E-state index contributed by atoms with van der Waals surface area (Å²) in [6, 6.07) is 24.4. The number of methoxy groups -OCH3 is 1. The predicted molar refractivity (Wildman–Crippen MR) is 115 cm³/mol. The summed E-state index contributed by atoms with van der Waals surface area (Å²) >= 11 is 0. The van der Waals surface area contributed by atoms with Crippen molar-refractivity contribution in [3.05, 3.63) is 90.0 Å². The lowest BCUT2D eigenvalue weighted by atomic mass is 9.94. The summed E-state index contributed by atoms with van der Waals surface area (Å²) < 4.78 is 5.59. The van der Waals surface area contributed by atoms with E-state index in [4.69, 9.17) is 14.7 Å². The Bertz CT molecular complexity index is 1200. The second-order valence-corrected chi connectivity index (χ2v) is 7.26. The monoisotopic (exact) mass is 382 g/mol. The Hall–Kier alpha value is -3.60. The molecule has 0 aliphatic rings. The second kappa shape index (κ2) is 7.43. The minimum Gasteiger partial charge on any atom is -0.496 e. The third kappa shape index (κ3) is 3.47. The van der Waals surface area contributed by atoms with Gasteiger partial charge in [-0.25, -0.2) is 9.97 Å². The molecule has 0 bridgehead atoms. The SMILES string of the molecule is COc1ccccc1C[C@H](Cc1nc2ccccc2[nH]1)c1nc2ccccc2[nH]1. The summed E-state index contributed by atoms with van der Waals surface area (Å²) in [4.78, 5) is 16.6. The largest absolute Gasteiger partial charge is 0.496 e. The van der Waals surface area contributed by atoms with Crippen LogP contribution in [0.15, 0.2) is 72.8 Å². The van der Waals surface area contributed by atoms with E-state index in [1.807, 2.05) is 48.5 Å². The standard InChI is InChI=1S/C24H22N4O/c1-29-22-13-7-2-8-16(22)14-17(24-27-20-11-5-6-12-21(20)28-24)15-23-25-18-9-3-4-10-19(18)26-23/h2-13,17H,14-15H2,1H3,(H,25,26)(H,27,28)/t17-/m1/s1. The Kier molecular flexibility index (Phi) is 4.48. The fourth-order valence-corrected chi connectivity index (χ4v) is 3.90. The number of aromatic nitrogens is 4. The van der Waals surface area contributed by atoms with Crippen LogP contribution in [0.2, 0.25) is 0 Å². The first-order valence-corrected chi connectivity index (χ1v) is 9.80. The molecule has 2 aromatic heterocycles. The molecular weight excluding hydrogens is 360 g/mol. The van der Waals surface area contributed by atoms with E-state index in [1.165, 1.54) is 0 Å². The van der Waals surface area contributed by atoms with Crippen molar-refractivity contribution >= 4 is 22.1 Å². The highest BCUT2D eigenvalue weighted by molar-refractivity contribution is 5.75. The van der Waals surface area contributed by atoms with Crippen LogP contribution in [0.5, 0.6) is 5.75 Å². The lowest BCUT2D eigenvalue weighted by molar-refractivity contribution is 0.407. The highest BCUT2D eigenvalue weighted by Gasteiger charge is 2.21. The van der Waals surface area contributed by atoms with E-state index in [0.29, 0.717) is 0 Å². The van der Waals surface area contributed by atoms with E-state index >= 15 is 0 Å². The molecule has 0 saturated heterocycles. The summed E-state index contributed by atoms with van der Waals surface area (Å²) in [5.41, 5.74) is 5.25. The van der Waals surface area contributed by atoms with Gasteiger partial charge in [0.2, 0.25) is 0 Å². The van der Waals surface area contributed by atoms with Crippen LogP contribution in [0.3, 0.4) is 0 Å². The molecule has 0 radical (unpaired) electrons. The lowest BCUT2D eigenvalue weighted by Crippen LogP contribution is -2.10. The summed E-state index contributed by atoms with van der Waals surface area (Å²) in [5.74, 6) is 2.97. The fourth-order valence-electron chi connectivity index (χ4n) is 3.90. The Morgan fingerprint density at radius 3 is 2.14 bits per heavy atom. The number of H-pyrrole nitrogens is 2. The van der Waals surface area contributed by atoms with E-state index in [-0.39, 0.29) is 5.92 Å². The van der Waals surface area contributed by atoms with Crippen LogP contribution >= 0.6 is 0 Å². The van der Waals surface area contributed by atoms with Crippen molar-refractivity contribution < 1.29 is 4.74 Å². The number of fused-ring (bicyclic) bond motifs is 2. The summed E-state index contributed by atoms with van der Waals surface area (Å²) in [5, 5.41) is 0. The van der Waals surface area contributed by atoms with Crippen LogP contribution < -0.4 is 4.74 Å². The third-order valence-electron chi connectivity index (χ3n) is 5.33. The fraction of sp³-hybridized carbons (Fsp3) is 0.167. The predicted octanol–water partition coefficient (Wildman–Crippen LogP) is 5.02. The smallest absolute Gasteiger partial charge is 0.122 e. The zero-order chi connectivity index (χ0) is 19.6. The zero-order valence-corrected chi connectivity index (χ0v) is 16.2. The topological polar surface area (TPSA) is 66.6 Å². The van der Waals surface area contributed by atoms with Crippen molar-refractivity contribution in [2.45, 2.75) is 18.8 Å². The Labute approximate surface area is 168 Å². The number of imidazole rings is 2. The molecule has 0 aliphatic heterocycles. The molecule has 5 heteroatoms. The minimum absolute atomic E-state index is 0.138. The molecule has 2 heterocycles. The summed E-state index contributed by atoms with van der Waals surface area (Å²) in [6.45, 7) is 0. The zero-order valence-electron chi connectivity index (χ0n) is 16.2. The van der Waals surface area contributed by atoms with Crippen LogP contribution in [-0.2, 0) is 12.8 Å². The van der Waals surface area contributed by atoms with Crippen LogP contribution in [0.25, 0.3) is 22.1 Å². The molecular formula is C24H22N4O. The van der Waals surface area contributed by atoms with Crippen molar-refractivity contribution in [3.8, 4) is 5.75 Å². The molecule has 3 aromatic carbocycles. The van der Waals surface area contributed by atoms with Gasteiger partial charge in [-0.05, 0) is 42.3 Å². The van der Waals surface area contributed by atoms with Gasteiger partial charge in [0, 0.05) is 12.3 Å². The lowest BCUT2D eigenvalue weighted by Gasteiger charge is -2.16. The molecule has 1 atom stereocenters. The number of rotatable bonds is 6. The first kappa shape index (κ1) is 17.5. The number of ether oxygens (including phenoxy) is 1. The summed E-state index contributed by atoms with van der Waals surface area (Å²) in [7, 11) is 1.72. The van der Waals surface area contributed by atoms with E-state index in [0.717, 1.165) is 57.9 Å². The Morgan fingerprint density at radius 2 is 1.41 bits per heavy atom. The summed E-state index contributed by atoms with van der Waals surface area (Å²) in [6.07, 6.45) is 1.56. The number of nitrogens with zero attached hydrogens (tertiary/aromatic N) is 2. The van der Waals surface area contributed by atoms with Crippen LogP contribution in [0.4, 0.5) is 0 Å². The van der Waals surface area contributed by atoms with Gasteiger partial charge >= 0.3 is 0 Å². The van der Waals surface area contributed by atoms with Gasteiger partial charge in [-0.1, -0.05) is 42.5 Å². The average molecular weight is 382 g/mol. The van der Waals surface area contributed by atoms with Gasteiger partial charge in [-0.15, -0.1) is 0 Å². The highest BCUT2D eigenvalue weighted by Crippen LogP contribution is 2.29. The van der Waals surface area contributed by atoms with Gasteiger partial charge in [-0.3, -0.25) is 0 Å². The Morgan fingerprint density at radius 1 is 0.759 bits per heavy atom. The second-order valence-electron chi connectivity index (χ2n) is 7.26. The number of aromatic amines is 2. The molecule has 29 heavy (non-hydrogen) atoms. The van der Waals surface area contributed by atoms with Gasteiger partial charge in [0.05, 0.1) is 29.2 Å². The molecule has 0 spiro atoms. The number of para-hydroxylation sites is 5. The van der Waals surface area contributed by atoms with Crippen molar-refractivity contribution in [1.82, 2.24) is 19.9 Å². The molecule has 0 saturated carbocycles. The number of nitrogens with one attached hydrogen (secondary N) is 2. The van der Waals surface area contributed by atoms with Crippen molar-refractivity contribution in [1.29, 1.82) is 0 Å². The van der Waals surface area contributed by atoms with Crippen molar-refractivity contribution in [3.63, 3.8) is 0 Å².